The Hall–Kier alpha value is -2.25. The van der Waals surface area contributed by atoms with Crippen LogP contribution in [0.15, 0.2) is 53.9 Å². The van der Waals surface area contributed by atoms with Crippen LogP contribution in [0.2, 0.25) is 10.0 Å². The number of amides is 1. The summed E-state index contributed by atoms with van der Waals surface area (Å²) in [5.74, 6) is -0.000627. The summed E-state index contributed by atoms with van der Waals surface area (Å²) in [6, 6.07) is 14.5. The van der Waals surface area contributed by atoms with Crippen LogP contribution < -0.4 is 0 Å². The molecule has 1 aromatic heterocycles. The van der Waals surface area contributed by atoms with E-state index in [1.54, 1.807) is 35.6 Å². The molecular weight excluding hydrogens is 465 g/mol. The molecule has 8 heteroatoms. The van der Waals surface area contributed by atoms with Crippen molar-refractivity contribution in [1.29, 1.82) is 0 Å². The Kier molecular flexibility index (Phi) is 7.58. The predicted octanol–water partition coefficient (Wildman–Crippen LogP) is 5.42. The van der Waals surface area contributed by atoms with Crippen LogP contribution >= 0.6 is 34.5 Å². The van der Waals surface area contributed by atoms with Gasteiger partial charge in [-0.3, -0.25) is 14.5 Å². The number of halogens is 2. The Labute approximate surface area is 201 Å². The summed E-state index contributed by atoms with van der Waals surface area (Å²) >= 11 is 13.4. The van der Waals surface area contributed by atoms with Crippen molar-refractivity contribution < 1.29 is 9.59 Å². The fourth-order valence-corrected chi connectivity index (χ4v) is 4.72. The normalized spacial score (nSPS) is 14.5. The van der Waals surface area contributed by atoms with Crippen LogP contribution in [-0.2, 0) is 11.3 Å². The number of thiazole rings is 1. The first-order chi connectivity index (χ1) is 15.5. The zero-order chi connectivity index (χ0) is 22.5. The van der Waals surface area contributed by atoms with Gasteiger partial charge in [-0.25, -0.2) is 4.98 Å². The molecule has 0 N–H and O–H groups in total. The first-order valence-electron chi connectivity index (χ1n) is 10.5. The van der Waals surface area contributed by atoms with Gasteiger partial charge in [-0.1, -0.05) is 35.3 Å². The Morgan fingerprint density at radius 1 is 0.875 bits per heavy atom. The van der Waals surface area contributed by atoms with Gasteiger partial charge in [-0.15, -0.1) is 11.3 Å². The van der Waals surface area contributed by atoms with E-state index >= 15 is 0 Å². The number of Topliss-reactive ketones (excluding diaryl/α,β-unsaturated/α-hetero) is 1. The van der Waals surface area contributed by atoms with E-state index in [1.807, 2.05) is 29.2 Å². The molecule has 1 fully saturated rings. The van der Waals surface area contributed by atoms with Crippen molar-refractivity contribution in [2.75, 3.05) is 26.2 Å². The van der Waals surface area contributed by atoms with Crippen LogP contribution in [0.25, 0.3) is 10.6 Å². The third-order valence-corrected chi connectivity index (χ3v) is 6.93. The number of carbonyl (C=O) groups excluding carboxylic acids is 2. The molecule has 1 aliphatic heterocycles. The van der Waals surface area contributed by atoms with Crippen LogP contribution in [0.4, 0.5) is 0 Å². The van der Waals surface area contributed by atoms with Crippen LogP contribution in [0.3, 0.4) is 0 Å². The predicted molar refractivity (Wildman–Crippen MR) is 129 cm³/mol. The van der Waals surface area contributed by atoms with Gasteiger partial charge in [0.25, 0.3) is 0 Å². The highest BCUT2D eigenvalue weighted by Crippen LogP contribution is 2.25. The number of hydrogen-bond donors (Lipinski definition) is 0. The SMILES string of the molecule is O=C(CCC(=O)N1CCN(Cc2csc(-c3ccc(Cl)cc3)n2)CC1)c1ccc(Cl)cc1. The highest BCUT2D eigenvalue weighted by Gasteiger charge is 2.22. The van der Waals surface area contributed by atoms with Gasteiger partial charge in [0.1, 0.15) is 5.01 Å². The number of rotatable bonds is 7. The third kappa shape index (κ3) is 5.95. The monoisotopic (exact) mass is 487 g/mol. The van der Waals surface area contributed by atoms with Crippen LogP contribution in [0, 0.1) is 0 Å². The molecule has 0 spiro atoms. The minimum atomic E-state index is -0.0336. The lowest BCUT2D eigenvalue weighted by Gasteiger charge is -2.34. The van der Waals surface area contributed by atoms with Crippen LogP contribution in [-0.4, -0.2) is 52.7 Å². The quantitative estimate of drug-likeness (QED) is 0.417. The molecule has 2 aromatic carbocycles. The Balaban J connectivity index is 1.22. The number of nitrogens with zero attached hydrogens (tertiary/aromatic N) is 3. The first kappa shape index (κ1) is 22.9. The largest absolute Gasteiger partial charge is 0.340 e. The van der Waals surface area contributed by atoms with Crippen LogP contribution in [0.5, 0.6) is 0 Å². The second-order valence-electron chi connectivity index (χ2n) is 7.74. The molecule has 1 aliphatic rings. The van der Waals surface area contributed by atoms with Crippen molar-refractivity contribution in [3.05, 3.63) is 75.2 Å². The second kappa shape index (κ2) is 10.6. The fraction of sp³-hybridized carbons (Fsp3) is 0.292. The molecule has 0 atom stereocenters. The van der Waals surface area contributed by atoms with E-state index in [0.29, 0.717) is 28.7 Å². The van der Waals surface area contributed by atoms with E-state index in [2.05, 4.69) is 10.3 Å². The van der Waals surface area contributed by atoms with Gasteiger partial charge in [-0.05, 0) is 36.4 Å². The number of hydrogen-bond acceptors (Lipinski definition) is 5. The molecule has 2 heterocycles. The summed E-state index contributed by atoms with van der Waals surface area (Å²) in [5, 5.41) is 4.38. The Bertz CT molecular complexity index is 1080. The molecule has 5 nitrogen and oxygen atoms in total. The molecule has 0 unspecified atom stereocenters. The molecular formula is C24H23Cl2N3O2S. The zero-order valence-corrected chi connectivity index (χ0v) is 19.8. The number of carbonyl (C=O) groups is 2. The molecule has 32 heavy (non-hydrogen) atoms. The maximum absolute atomic E-state index is 12.6. The first-order valence-corrected chi connectivity index (χ1v) is 12.1. The van der Waals surface area contributed by atoms with E-state index < -0.39 is 0 Å². The summed E-state index contributed by atoms with van der Waals surface area (Å²) in [6.45, 7) is 3.70. The summed E-state index contributed by atoms with van der Waals surface area (Å²) in [7, 11) is 0. The minimum absolute atomic E-state index is 0.0330. The number of benzene rings is 2. The van der Waals surface area contributed by atoms with Gasteiger partial charge in [0, 0.05) is 72.1 Å². The Morgan fingerprint density at radius 3 is 2.16 bits per heavy atom. The van der Waals surface area contributed by atoms with Crippen molar-refractivity contribution in [3.63, 3.8) is 0 Å². The highest BCUT2D eigenvalue weighted by molar-refractivity contribution is 7.13. The molecule has 0 radical (unpaired) electrons. The number of ketones is 1. The minimum Gasteiger partial charge on any atom is -0.340 e. The van der Waals surface area contributed by atoms with E-state index in [0.717, 1.165) is 35.9 Å². The van der Waals surface area contributed by atoms with Gasteiger partial charge in [0.05, 0.1) is 5.69 Å². The summed E-state index contributed by atoms with van der Waals surface area (Å²) in [4.78, 5) is 33.7. The maximum Gasteiger partial charge on any atom is 0.223 e. The summed E-state index contributed by atoms with van der Waals surface area (Å²) < 4.78 is 0. The lowest BCUT2D eigenvalue weighted by Crippen LogP contribution is -2.48. The summed E-state index contributed by atoms with van der Waals surface area (Å²) in [6.07, 6.45) is 0.449. The van der Waals surface area contributed by atoms with Crippen molar-refractivity contribution in [2.45, 2.75) is 19.4 Å². The van der Waals surface area contributed by atoms with E-state index in [1.165, 1.54) is 0 Å². The van der Waals surface area contributed by atoms with Crippen molar-refractivity contribution in [3.8, 4) is 10.6 Å². The zero-order valence-electron chi connectivity index (χ0n) is 17.5. The highest BCUT2D eigenvalue weighted by atomic mass is 35.5. The molecule has 0 aliphatic carbocycles. The molecule has 166 valence electrons. The maximum atomic E-state index is 12.6. The smallest absolute Gasteiger partial charge is 0.223 e. The molecule has 1 amide bonds. The average molecular weight is 488 g/mol. The topological polar surface area (TPSA) is 53.5 Å². The number of aromatic nitrogens is 1. The van der Waals surface area contributed by atoms with E-state index in [4.69, 9.17) is 28.2 Å². The van der Waals surface area contributed by atoms with Gasteiger partial charge >= 0.3 is 0 Å². The standard InChI is InChI=1S/C24H23Cl2N3O2S/c25-19-5-1-17(2-6-19)22(30)9-10-23(31)29-13-11-28(12-14-29)15-21-16-32-24(27-21)18-3-7-20(26)8-4-18/h1-8,16H,9-15H2. The third-order valence-electron chi connectivity index (χ3n) is 5.49. The van der Waals surface area contributed by atoms with Gasteiger partial charge in [0.2, 0.25) is 5.91 Å². The molecule has 0 saturated carbocycles. The van der Waals surface area contributed by atoms with Crippen LogP contribution in [0.1, 0.15) is 28.9 Å². The van der Waals surface area contributed by atoms with Crippen molar-refractivity contribution in [1.82, 2.24) is 14.8 Å². The van der Waals surface area contributed by atoms with Gasteiger partial charge < -0.3 is 4.90 Å². The fourth-order valence-electron chi connectivity index (χ4n) is 3.65. The van der Waals surface area contributed by atoms with E-state index in [-0.39, 0.29) is 24.5 Å². The van der Waals surface area contributed by atoms with E-state index in [9.17, 15) is 9.59 Å². The molecule has 4 rings (SSSR count). The molecule has 3 aromatic rings. The second-order valence-corrected chi connectivity index (χ2v) is 9.47. The average Bonchev–Trinajstić information content (AvgIpc) is 3.27. The molecule has 1 saturated heterocycles. The van der Waals surface area contributed by atoms with Crippen molar-refractivity contribution >= 4 is 46.2 Å². The number of piperazine rings is 1. The lowest BCUT2D eigenvalue weighted by molar-refractivity contribution is -0.133. The van der Waals surface area contributed by atoms with Gasteiger partial charge in [-0.2, -0.15) is 0 Å². The Morgan fingerprint density at radius 2 is 1.50 bits per heavy atom. The summed E-state index contributed by atoms with van der Waals surface area (Å²) in [5.41, 5.74) is 2.69. The molecule has 0 bridgehead atoms. The van der Waals surface area contributed by atoms with Crippen molar-refractivity contribution in [2.24, 2.45) is 0 Å². The van der Waals surface area contributed by atoms with Gasteiger partial charge in [0.15, 0.2) is 5.78 Å². The lowest BCUT2D eigenvalue weighted by atomic mass is 10.1.